The van der Waals surface area contributed by atoms with E-state index >= 15 is 0 Å². The standard InChI is InChI=1S/C20H25ClN2O2S/c1-2-25-14-9-20(24)23-12-10-22(11-13-23)15-16-7-8-19(26-16)17-5-3-4-6-18(17)21/h3-8H,2,9-15H2,1H3. The molecule has 0 radical (unpaired) electrons. The first-order valence-corrected chi connectivity index (χ1v) is 10.3. The Morgan fingerprint density at radius 3 is 2.65 bits per heavy atom. The van der Waals surface area contributed by atoms with Gasteiger partial charge >= 0.3 is 0 Å². The van der Waals surface area contributed by atoms with Gasteiger partial charge in [-0.05, 0) is 25.1 Å². The van der Waals surface area contributed by atoms with Gasteiger partial charge in [0.25, 0.3) is 0 Å². The van der Waals surface area contributed by atoms with Crippen molar-refractivity contribution in [3.05, 3.63) is 46.3 Å². The van der Waals surface area contributed by atoms with E-state index in [1.807, 2.05) is 30.0 Å². The fraction of sp³-hybridized carbons (Fsp3) is 0.450. The van der Waals surface area contributed by atoms with E-state index in [0.29, 0.717) is 19.6 Å². The maximum Gasteiger partial charge on any atom is 0.224 e. The van der Waals surface area contributed by atoms with Crippen molar-refractivity contribution in [2.75, 3.05) is 39.4 Å². The van der Waals surface area contributed by atoms with Crippen molar-refractivity contribution in [3.63, 3.8) is 0 Å². The Bertz CT molecular complexity index is 726. The van der Waals surface area contributed by atoms with Crippen molar-refractivity contribution < 1.29 is 9.53 Å². The third-order valence-electron chi connectivity index (χ3n) is 4.57. The molecule has 3 rings (SSSR count). The van der Waals surface area contributed by atoms with E-state index in [0.717, 1.165) is 43.3 Å². The summed E-state index contributed by atoms with van der Waals surface area (Å²) in [6.45, 7) is 7.50. The Morgan fingerprint density at radius 1 is 1.15 bits per heavy atom. The van der Waals surface area contributed by atoms with E-state index in [4.69, 9.17) is 16.3 Å². The van der Waals surface area contributed by atoms with Crippen LogP contribution in [0.4, 0.5) is 0 Å². The molecule has 0 N–H and O–H groups in total. The maximum atomic E-state index is 12.1. The second-order valence-corrected chi connectivity index (χ2v) is 7.93. The van der Waals surface area contributed by atoms with E-state index in [2.05, 4.69) is 23.1 Å². The van der Waals surface area contributed by atoms with Crippen molar-refractivity contribution in [1.82, 2.24) is 9.80 Å². The lowest BCUT2D eigenvalue weighted by atomic mass is 10.2. The molecule has 1 amide bonds. The molecule has 0 atom stereocenters. The summed E-state index contributed by atoms with van der Waals surface area (Å²) in [5, 5.41) is 0.792. The van der Waals surface area contributed by atoms with E-state index in [1.165, 1.54) is 9.75 Å². The number of hydrogen-bond donors (Lipinski definition) is 0. The van der Waals surface area contributed by atoms with Gasteiger partial charge in [-0.15, -0.1) is 11.3 Å². The molecular formula is C20H25ClN2O2S. The number of piperazine rings is 1. The zero-order valence-corrected chi connectivity index (χ0v) is 16.7. The maximum absolute atomic E-state index is 12.1. The summed E-state index contributed by atoms with van der Waals surface area (Å²) >= 11 is 8.09. The van der Waals surface area contributed by atoms with Gasteiger partial charge in [-0.25, -0.2) is 0 Å². The van der Waals surface area contributed by atoms with Crippen LogP contribution in [0.15, 0.2) is 36.4 Å². The largest absolute Gasteiger partial charge is 0.381 e. The van der Waals surface area contributed by atoms with Gasteiger partial charge in [-0.3, -0.25) is 9.69 Å². The van der Waals surface area contributed by atoms with Crippen LogP contribution in [0.1, 0.15) is 18.2 Å². The van der Waals surface area contributed by atoms with E-state index in [9.17, 15) is 4.79 Å². The molecule has 1 aliphatic heterocycles. The number of carbonyl (C=O) groups is 1. The number of rotatable bonds is 7. The number of thiophene rings is 1. The minimum Gasteiger partial charge on any atom is -0.381 e. The molecule has 140 valence electrons. The minimum atomic E-state index is 0.204. The van der Waals surface area contributed by atoms with Gasteiger partial charge in [0, 0.05) is 59.7 Å². The zero-order valence-electron chi connectivity index (χ0n) is 15.1. The highest BCUT2D eigenvalue weighted by Gasteiger charge is 2.21. The average Bonchev–Trinajstić information content (AvgIpc) is 3.11. The van der Waals surface area contributed by atoms with Crippen molar-refractivity contribution in [1.29, 1.82) is 0 Å². The molecule has 0 bridgehead atoms. The smallest absolute Gasteiger partial charge is 0.224 e. The summed E-state index contributed by atoms with van der Waals surface area (Å²) in [4.78, 5) is 19.0. The van der Waals surface area contributed by atoms with Crippen LogP contribution in [0.3, 0.4) is 0 Å². The Labute approximate surface area is 164 Å². The molecule has 0 spiro atoms. The summed E-state index contributed by atoms with van der Waals surface area (Å²) < 4.78 is 5.28. The summed E-state index contributed by atoms with van der Waals surface area (Å²) in [5.74, 6) is 0.204. The van der Waals surface area contributed by atoms with Gasteiger partial charge in [0.15, 0.2) is 0 Å². The lowest BCUT2D eigenvalue weighted by Gasteiger charge is -2.34. The highest BCUT2D eigenvalue weighted by atomic mass is 35.5. The first kappa shape index (κ1) is 19.4. The average molecular weight is 393 g/mol. The number of hydrogen-bond acceptors (Lipinski definition) is 4. The predicted octanol–water partition coefficient (Wildman–Crippen LogP) is 4.14. The third kappa shape index (κ3) is 5.07. The first-order chi connectivity index (χ1) is 12.7. The van der Waals surface area contributed by atoms with E-state index < -0.39 is 0 Å². The molecule has 4 nitrogen and oxygen atoms in total. The lowest BCUT2D eigenvalue weighted by Crippen LogP contribution is -2.48. The molecule has 0 aliphatic carbocycles. The van der Waals surface area contributed by atoms with Crippen LogP contribution in [0.25, 0.3) is 10.4 Å². The Kier molecular flexibility index (Phi) is 7.08. The number of ether oxygens (including phenoxy) is 1. The second kappa shape index (κ2) is 9.51. The fourth-order valence-corrected chi connectivity index (χ4v) is 4.49. The van der Waals surface area contributed by atoms with Gasteiger partial charge in [0.2, 0.25) is 5.91 Å². The summed E-state index contributed by atoms with van der Waals surface area (Å²) in [6, 6.07) is 12.3. The number of halogens is 1. The molecule has 2 heterocycles. The van der Waals surface area contributed by atoms with Crippen molar-refractivity contribution in [2.24, 2.45) is 0 Å². The molecule has 1 aromatic carbocycles. The first-order valence-electron chi connectivity index (χ1n) is 9.09. The zero-order chi connectivity index (χ0) is 18.4. The van der Waals surface area contributed by atoms with Crippen LogP contribution in [0, 0.1) is 0 Å². The molecule has 1 aromatic heterocycles. The van der Waals surface area contributed by atoms with E-state index in [1.54, 1.807) is 11.3 Å². The molecule has 6 heteroatoms. The molecular weight excluding hydrogens is 368 g/mol. The van der Waals surface area contributed by atoms with Crippen LogP contribution >= 0.6 is 22.9 Å². The second-order valence-electron chi connectivity index (χ2n) is 6.35. The highest BCUT2D eigenvalue weighted by Crippen LogP contribution is 2.33. The SMILES string of the molecule is CCOCCC(=O)N1CCN(Cc2ccc(-c3ccccc3Cl)s2)CC1. The Hall–Kier alpha value is -1.40. The van der Waals surface area contributed by atoms with Crippen LogP contribution < -0.4 is 0 Å². The number of amides is 1. The van der Waals surface area contributed by atoms with Crippen molar-refractivity contribution in [2.45, 2.75) is 19.9 Å². The Morgan fingerprint density at radius 2 is 1.92 bits per heavy atom. The van der Waals surface area contributed by atoms with Crippen molar-refractivity contribution in [3.8, 4) is 10.4 Å². The van der Waals surface area contributed by atoms with Crippen LogP contribution in [0.2, 0.25) is 5.02 Å². The lowest BCUT2D eigenvalue weighted by molar-refractivity contribution is -0.134. The molecule has 1 saturated heterocycles. The predicted molar refractivity (Wildman–Crippen MR) is 108 cm³/mol. The minimum absolute atomic E-state index is 0.204. The Balaban J connectivity index is 1.49. The monoisotopic (exact) mass is 392 g/mol. The van der Waals surface area contributed by atoms with Crippen LogP contribution in [0.5, 0.6) is 0 Å². The molecule has 1 aliphatic rings. The number of nitrogens with zero attached hydrogens (tertiary/aromatic N) is 2. The third-order valence-corrected chi connectivity index (χ3v) is 6.00. The van der Waals surface area contributed by atoms with Crippen molar-refractivity contribution >= 4 is 28.8 Å². The molecule has 26 heavy (non-hydrogen) atoms. The van der Waals surface area contributed by atoms with Gasteiger partial charge in [-0.1, -0.05) is 29.8 Å². The van der Waals surface area contributed by atoms with Gasteiger partial charge in [0.05, 0.1) is 13.0 Å². The molecule has 2 aromatic rings. The summed E-state index contributed by atoms with van der Waals surface area (Å²) in [5.41, 5.74) is 1.09. The summed E-state index contributed by atoms with van der Waals surface area (Å²) in [6.07, 6.45) is 0.486. The van der Waals surface area contributed by atoms with Gasteiger partial charge in [-0.2, -0.15) is 0 Å². The fourth-order valence-electron chi connectivity index (χ4n) is 3.11. The molecule has 1 fully saturated rings. The summed E-state index contributed by atoms with van der Waals surface area (Å²) in [7, 11) is 0. The number of carbonyl (C=O) groups excluding carboxylic acids is 1. The van der Waals surface area contributed by atoms with Crippen LogP contribution in [-0.2, 0) is 16.1 Å². The highest BCUT2D eigenvalue weighted by molar-refractivity contribution is 7.15. The topological polar surface area (TPSA) is 32.8 Å². The quantitative estimate of drug-likeness (QED) is 0.664. The van der Waals surface area contributed by atoms with Crippen LogP contribution in [-0.4, -0.2) is 55.1 Å². The molecule has 0 unspecified atom stereocenters. The number of benzene rings is 1. The van der Waals surface area contributed by atoms with Gasteiger partial charge in [0.1, 0.15) is 0 Å². The van der Waals surface area contributed by atoms with E-state index in [-0.39, 0.29) is 5.91 Å². The van der Waals surface area contributed by atoms with Gasteiger partial charge < -0.3 is 9.64 Å². The molecule has 0 saturated carbocycles. The normalized spacial score (nSPS) is 15.4.